The molecule has 3 heteroatoms. The number of carbonyl (C=O) groups is 1. The maximum atomic E-state index is 10.8. The summed E-state index contributed by atoms with van der Waals surface area (Å²) >= 11 is 0. The van der Waals surface area contributed by atoms with E-state index in [2.05, 4.69) is 5.32 Å². The smallest absolute Gasteiger partial charge is 0.224 e. The Morgan fingerprint density at radius 2 is 2.20 bits per heavy atom. The second kappa shape index (κ2) is 2.01. The van der Waals surface area contributed by atoms with E-state index in [0.29, 0.717) is 6.42 Å². The molecule has 3 nitrogen and oxygen atoms in total. The molecule has 0 spiro atoms. The summed E-state index contributed by atoms with van der Waals surface area (Å²) in [6.07, 6.45) is 2.60. The average Bonchev–Trinajstić information content (AvgIpc) is 2.68. The highest BCUT2D eigenvalue weighted by molar-refractivity contribution is 5.79. The SMILES string of the molecule is O=C1CCC/C(=C2/CO2)N1. The molecule has 2 aliphatic heterocycles. The van der Waals surface area contributed by atoms with Gasteiger partial charge < -0.3 is 10.1 Å². The average molecular weight is 139 g/mol. The molecule has 0 atom stereocenters. The van der Waals surface area contributed by atoms with E-state index in [1.807, 2.05) is 0 Å². The van der Waals surface area contributed by atoms with Crippen LogP contribution in [0, 0.1) is 0 Å². The summed E-state index contributed by atoms with van der Waals surface area (Å²) in [7, 11) is 0. The van der Waals surface area contributed by atoms with Gasteiger partial charge in [-0.3, -0.25) is 4.79 Å². The number of carbonyl (C=O) groups excluding carboxylic acids is 1. The maximum Gasteiger partial charge on any atom is 0.224 e. The highest BCUT2D eigenvalue weighted by Gasteiger charge is 2.23. The zero-order chi connectivity index (χ0) is 6.97. The van der Waals surface area contributed by atoms with Gasteiger partial charge in [0, 0.05) is 6.42 Å². The Morgan fingerprint density at radius 3 is 2.80 bits per heavy atom. The van der Waals surface area contributed by atoms with Crippen LogP contribution in [0.15, 0.2) is 11.5 Å². The number of piperidine rings is 1. The lowest BCUT2D eigenvalue weighted by Crippen LogP contribution is -2.26. The molecule has 0 aromatic heterocycles. The van der Waals surface area contributed by atoms with Gasteiger partial charge in [0.15, 0.2) is 5.76 Å². The number of hydrogen-bond donors (Lipinski definition) is 1. The summed E-state index contributed by atoms with van der Waals surface area (Å²) in [5, 5.41) is 2.79. The molecule has 0 aromatic rings. The maximum absolute atomic E-state index is 10.8. The predicted molar refractivity (Wildman–Crippen MR) is 35.0 cm³/mol. The van der Waals surface area contributed by atoms with Gasteiger partial charge in [-0.15, -0.1) is 0 Å². The summed E-state index contributed by atoms with van der Waals surface area (Å²) in [5.74, 6) is 1.11. The van der Waals surface area contributed by atoms with E-state index >= 15 is 0 Å². The van der Waals surface area contributed by atoms with E-state index in [-0.39, 0.29) is 5.91 Å². The molecule has 0 aromatic carbocycles. The lowest BCUT2D eigenvalue weighted by molar-refractivity contribution is -0.121. The molecular weight excluding hydrogens is 130 g/mol. The molecule has 2 aliphatic rings. The van der Waals surface area contributed by atoms with Crippen molar-refractivity contribution in [3.05, 3.63) is 11.5 Å². The molecule has 10 heavy (non-hydrogen) atoms. The van der Waals surface area contributed by atoms with E-state index < -0.39 is 0 Å². The number of hydrogen-bond acceptors (Lipinski definition) is 2. The van der Waals surface area contributed by atoms with Gasteiger partial charge in [-0.1, -0.05) is 0 Å². The van der Waals surface area contributed by atoms with Crippen LogP contribution in [0.3, 0.4) is 0 Å². The van der Waals surface area contributed by atoms with Gasteiger partial charge in [0.2, 0.25) is 5.91 Å². The van der Waals surface area contributed by atoms with Crippen molar-refractivity contribution in [2.75, 3.05) is 6.61 Å². The van der Waals surface area contributed by atoms with Crippen LogP contribution < -0.4 is 5.32 Å². The Labute approximate surface area is 59.1 Å². The summed E-state index contributed by atoms with van der Waals surface area (Å²) in [5.41, 5.74) is 1.01. The van der Waals surface area contributed by atoms with Gasteiger partial charge in [-0.25, -0.2) is 0 Å². The van der Waals surface area contributed by atoms with Crippen molar-refractivity contribution in [2.45, 2.75) is 19.3 Å². The first-order chi connectivity index (χ1) is 4.86. The van der Waals surface area contributed by atoms with E-state index in [1.165, 1.54) is 0 Å². The van der Waals surface area contributed by atoms with Gasteiger partial charge in [0.1, 0.15) is 6.61 Å². The quantitative estimate of drug-likeness (QED) is 0.497. The zero-order valence-corrected chi connectivity index (χ0v) is 5.64. The fourth-order valence-corrected chi connectivity index (χ4v) is 1.14. The highest BCUT2D eigenvalue weighted by atomic mass is 16.6. The highest BCUT2D eigenvalue weighted by Crippen LogP contribution is 2.24. The van der Waals surface area contributed by atoms with Crippen LogP contribution in [0.25, 0.3) is 0 Å². The summed E-state index contributed by atoms with van der Waals surface area (Å²) in [4.78, 5) is 10.8. The Kier molecular flexibility index (Phi) is 1.16. The van der Waals surface area contributed by atoms with Gasteiger partial charge in [-0.2, -0.15) is 0 Å². The molecule has 2 rings (SSSR count). The predicted octanol–water partition coefficient (Wildman–Crippen LogP) is 0.528. The molecule has 0 saturated carbocycles. The van der Waals surface area contributed by atoms with Crippen LogP contribution >= 0.6 is 0 Å². The van der Waals surface area contributed by atoms with Crippen LogP contribution in [-0.4, -0.2) is 12.5 Å². The number of amides is 1. The number of epoxide rings is 1. The third-order valence-corrected chi connectivity index (χ3v) is 1.75. The molecule has 1 amide bonds. The lowest BCUT2D eigenvalue weighted by Gasteiger charge is -2.12. The Morgan fingerprint density at radius 1 is 1.40 bits per heavy atom. The van der Waals surface area contributed by atoms with Crippen molar-refractivity contribution >= 4 is 5.91 Å². The molecule has 0 bridgehead atoms. The first-order valence-electron chi connectivity index (χ1n) is 3.51. The van der Waals surface area contributed by atoms with E-state index in [4.69, 9.17) is 4.74 Å². The van der Waals surface area contributed by atoms with E-state index in [0.717, 1.165) is 30.9 Å². The molecule has 2 fully saturated rings. The third kappa shape index (κ3) is 0.988. The number of ether oxygens (including phenoxy) is 1. The fraction of sp³-hybridized carbons (Fsp3) is 0.571. The van der Waals surface area contributed by atoms with Crippen molar-refractivity contribution in [2.24, 2.45) is 0 Å². The van der Waals surface area contributed by atoms with E-state index in [1.54, 1.807) is 0 Å². The standard InChI is InChI=1S/C7H9NO2/c9-7-3-1-2-5(8-7)6-4-10-6/h1-4H2,(H,8,9)/b6-5+. The monoisotopic (exact) mass is 139 g/mol. The number of allylic oxidation sites excluding steroid dienone is 1. The number of rotatable bonds is 0. The largest absolute Gasteiger partial charge is 0.484 e. The molecule has 2 saturated heterocycles. The molecule has 0 unspecified atom stereocenters. The van der Waals surface area contributed by atoms with Gasteiger partial charge >= 0.3 is 0 Å². The molecule has 0 radical (unpaired) electrons. The van der Waals surface area contributed by atoms with Gasteiger partial charge in [0.25, 0.3) is 0 Å². The van der Waals surface area contributed by atoms with Gasteiger partial charge in [-0.05, 0) is 12.8 Å². The molecular formula is C7H9NO2. The van der Waals surface area contributed by atoms with Crippen molar-refractivity contribution < 1.29 is 9.53 Å². The minimum atomic E-state index is 0.129. The topological polar surface area (TPSA) is 41.6 Å². The van der Waals surface area contributed by atoms with Crippen molar-refractivity contribution in [3.63, 3.8) is 0 Å². The Bertz CT molecular complexity index is 202. The number of nitrogens with one attached hydrogen (secondary N) is 1. The van der Waals surface area contributed by atoms with Crippen LogP contribution in [0.1, 0.15) is 19.3 Å². The van der Waals surface area contributed by atoms with Crippen molar-refractivity contribution in [1.82, 2.24) is 5.32 Å². The fourth-order valence-electron chi connectivity index (χ4n) is 1.14. The Balaban J connectivity index is 2.10. The van der Waals surface area contributed by atoms with Crippen LogP contribution in [0.5, 0.6) is 0 Å². The van der Waals surface area contributed by atoms with Crippen molar-refractivity contribution in [3.8, 4) is 0 Å². The second-order valence-electron chi connectivity index (χ2n) is 2.59. The van der Waals surface area contributed by atoms with Crippen molar-refractivity contribution in [1.29, 1.82) is 0 Å². The van der Waals surface area contributed by atoms with E-state index in [9.17, 15) is 4.79 Å². The minimum Gasteiger partial charge on any atom is -0.484 e. The van der Waals surface area contributed by atoms with Crippen LogP contribution in [0.4, 0.5) is 0 Å². The van der Waals surface area contributed by atoms with Crippen LogP contribution in [0.2, 0.25) is 0 Å². The summed E-state index contributed by atoms with van der Waals surface area (Å²) < 4.78 is 4.96. The molecule has 54 valence electrons. The van der Waals surface area contributed by atoms with Gasteiger partial charge in [0.05, 0.1) is 5.70 Å². The Hall–Kier alpha value is -0.990. The third-order valence-electron chi connectivity index (χ3n) is 1.75. The minimum absolute atomic E-state index is 0.129. The first kappa shape index (κ1) is 5.77. The molecule has 2 heterocycles. The normalized spacial score (nSPS) is 31.0. The molecule has 1 N–H and O–H groups in total. The molecule has 0 aliphatic carbocycles. The lowest BCUT2D eigenvalue weighted by atomic mass is 10.1. The van der Waals surface area contributed by atoms with Crippen LogP contribution in [-0.2, 0) is 9.53 Å². The second-order valence-corrected chi connectivity index (χ2v) is 2.59. The first-order valence-corrected chi connectivity index (χ1v) is 3.51. The summed E-state index contributed by atoms with van der Waals surface area (Å²) in [6, 6.07) is 0. The summed E-state index contributed by atoms with van der Waals surface area (Å²) in [6.45, 7) is 0.718. The zero-order valence-electron chi connectivity index (χ0n) is 5.64.